The maximum Gasteiger partial charge on any atom is 0.251 e. The van der Waals surface area contributed by atoms with E-state index in [9.17, 15) is 9.90 Å². The number of thioether (sulfide) groups is 1. The number of imidazole rings is 1. The number of hydrogen-bond donors (Lipinski definition) is 3. The number of hydrogen-bond acceptors (Lipinski definition) is 6. The molecular weight excluding hydrogens is 458 g/mol. The molecule has 8 heteroatoms. The first kappa shape index (κ1) is 25.5. The van der Waals surface area contributed by atoms with Gasteiger partial charge in [-0.15, -0.1) is 11.8 Å². The molecule has 1 amide bonds. The molecule has 1 aliphatic carbocycles. The van der Waals surface area contributed by atoms with Crippen LogP contribution in [0.15, 0.2) is 35.5 Å². The van der Waals surface area contributed by atoms with Crippen molar-refractivity contribution in [2.75, 3.05) is 17.6 Å². The molecule has 2 aromatic heterocycles. The Kier molecular flexibility index (Phi) is 7.16. The lowest BCUT2D eigenvalue weighted by Crippen LogP contribution is -2.29. The standard InChI is InChI=1S/C27H37N5O2S/c1-17-13-18(7-10-20(17)25(33)30-19-8-9-19)22-15-28-24-21(29-16-27(5,6)34)14-23(31-32(22)24)35-12-11-26(2,3)4/h7,10,13-15,19,29,34H,8-9,11-12,16H2,1-6H3,(H,30,33). The molecule has 35 heavy (non-hydrogen) atoms. The number of aryl methyl sites for hydroxylation is 1. The monoisotopic (exact) mass is 495 g/mol. The fourth-order valence-corrected chi connectivity index (χ4v) is 4.95. The van der Waals surface area contributed by atoms with E-state index in [1.54, 1.807) is 25.6 Å². The van der Waals surface area contributed by atoms with Gasteiger partial charge in [-0.2, -0.15) is 5.10 Å². The third-order valence-corrected chi connectivity index (χ3v) is 6.84. The molecule has 0 saturated heterocycles. The first-order chi connectivity index (χ1) is 16.4. The van der Waals surface area contributed by atoms with Gasteiger partial charge in [-0.05, 0) is 69.2 Å². The highest BCUT2D eigenvalue weighted by molar-refractivity contribution is 7.99. The van der Waals surface area contributed by atoms with Gasteiger partial charge in [-0.3, -0.25) is 4.79 Å². The molecule has 0 atom stereocenters. The van der Waals surface area contributed by atoms with Crippen molar-refractivity contribution in [3.8, 4) is 11.3 Å². The van der Waals surface area contributed by atoms with Gasteiger partial charge in [0.2, 0.25) is 0 Å². The van der Waals surface area contributed by atoms with Crippen LogP contribution in [0, 0.1) is 12.3 Å². The van der Waals surface area contributed by atoms with Crippen molar-refractivity contribution in [3.05, 3.63) is 41.6 Å². The van der Waals surface area contributed by atoms with E-state index >= 15 is 0 Å². The van der Waals surface area contributed by atoms with E-state index in [0.717, 1.165) is 52.5 Å². The Labute approximate surface area is 212 Å². The summed E-state index contributed by atoms with van der Waals surface area (Å²) in [7, 11) is 0. The zero-order valence-electron chi connectivity index (χ0n) is 21.6. The topological polar surface area (TPSA) is 91.6 Å². The molecule has 1 aliphatic rings. The molecule has 0 aliphatic heterocycles. The number of nitrogens with zero attached hydrogens (tertiary/aromatic N) is 3. The van der Waals surface area contributed by atoms with Gasteiger partial charge in [0, 0.05) is 29.5 Å². The first-order valence-electron chi connectivity index (χ1n) is 12.3. The highest BCUT2D eigenvalue weighted by Crippen LogP contribution is 2.31. The van der Waals surface area contributed by atoms with Gasteiger partial charge in [-0.25, -0.2) is 9.50 Å². The number of nitrogens with one attached hydrogen (secondary N) is 2. The molecule has 0 spiro atoms. The number of carbonyl (C=O) groups excluding carboxylic acids is 1. The Balaban J connectivity index is 1.67. The second-order valence-corrected chi connectivity index (χ2v) is 12.5. The van der Waals surface area contributed by atoms with Crippen molar-refractivity contribution < 1.29 is 9.90 Å². The van der Waals surface area contributed by atoms with E-state index in [-0.39, 0.29) is 11.3 Å². The van der Waals surface area contributed by atoms with Crippen LogP contribution in [0.2, 0.25) is 0 Å². The molecule has 1 fully saturated rings. The minimum Gasteiger partial charge on any atom is -0.389 e. The number of amides is 1. The normalized spacial score (nSPS) is 14.4. The van der Waals surface area contributed by atoms with Crippen LogP contribution in [-0.4, -0.2) is 49.6 Å². The van der Waals surface area contributed by atoms with Crippen LogP contribution in [-0.2, 0) is 0 Å². The van der Waals surface area contributed by atoms with Gasteiger partial charge in [0.05, 0.1) is 23.2 Å². The van der Waals surface area contributed by atoms with Crippen molar-refractivity contribution in [2.45, 2.75) is 77.5 Å². The van der Waals surface area contributed by atoms with Gasteiger partial charge in [0.15, 0.2) is 5.65 Å². The van der Waals surface area contributed by atoms with Crippen molar-refractivity contribution in [1.82, 2.24) is 19.9 Å². The van der Waals surface area contributed by atoms with Crippen molar-refractivity contribution >= 4 is 29.0 Å². The Morgan fingerprint density at radius 2 is 1.94 bits per heavy atom. The van der Waals surface area contributed by atoms with Gasteiger partial charge < -0.3 is 15.7 Å². The molecule has 1 saturated carbocycles. The Hall–Kier alpha value is -2.58. The second kappa shape index (κ2) is 9.82. The highest BCUT2D eigenvalue weighted by atomic mass is 32.2. The molecule has 3 N–H and O–H groups in total. The van der Waals surface area contributed by atoms with E-state index in [1.807, 2.05) is 41.9 Å². The second-order valence-electron chi connectivity index (χ2n) is 11.4. The molecule has 0 bridgehead atoms. The van der Waals surface area contributed by atoms with Crippen molar-refractivity contribution in [1.29, 1.82) is 0 Å². The number of carbonyl (C=O) groups is 1. The summed E-state index contributed by atoms with van der Waals surface area (Å²) < 4.78 is 1.87. The lowest BCUT2D eigenvalue weighted by molar-refractivity contribution is 0.0940. The molecule has 1 aromatic carbocycles. The third kappa shape index (κ3) is 6.76. The summed E-state index contributed by atoms with van der Waals surface area (Å²) in [6.07, 6.45) is 5.02. The molecule has 0 radical (unpaired) electrons. The van der Waals surface area contributed by atoms with E-state index in [2.05, 4.69) is 36.4 Å². The molecule has 7 nitrogen and oxygen atoms in total. The summed E-state index contributed by atoms with van der Waals surface area (Å²) in [6, 6.07) is 8.21. The summed E-state index contributed by atoms with van der Waals surface area (Å²) in [4.78, 5) is 17.2. The predicted octanol–water partition coefficient (Wildman–Crippen LogP) is 5.31. The van der Waals surface area contributed by atoms with E-state index in [1.165, 1.54) is 0 Å². The average Bonchev–Trinajstić information content (AvgIpc) is 3.45. The predicted molar refractivity (Wildman–Crippen MR) is 143 cm³/mol. The number of anilines is 1. The van der Waals surface area contributed by atoms with Crippen LogP contribution in [0.25, 0.3) is 16.9 Å². The van der Waals surface area contributed by atoms with Crippen molar-refractivity contribution in [2.24, 2.45) is 5.41 Å². The van der Waals surface area contributed by atoms with Gasteiger partial charge in [0.25, 0.3) is 5.91 Å². The SMILES string of the molecule is Cc1cc(-c2cnc3c(NCC(C)(C)O)cc(SCCC(C)(C)C)nn23)ccc1C(=O)NC1CC1. The number of aromatic nitrogens is 3. The fraction of sp³-hybridized carbons (Fsp3) is 0.519. The average molecular weight is 496 g/mol. The Morgan fingerprint density at radius 3 is 2.57 bits per heavy atom. The van der Waals surface area contributed by atoms with E-state index in [4.69, 9.17) is 5.10 Å². The number of aliphatic hydroxyl groups is 1. The Morgan fingerprint density at radius 1 is 1.20 bits per heavy atom. The summed E-state index contributed by atoms with van der Waals surface area (Å²) in [5.74, 6) is 0.949. The van der Waals surface area contributed by atoms with Crippen LogP contribution in [0.3, 0.4) is 0 Å². The summed E-state index contributed by atoms with van der Waals surface area (Å²) in [5, 5.41) is 22.5. The van der Waals surface area contributed by atoms with Crippen LogP contribution >= 0.6 is 11.8 Å². The van der Waals surface area contributed by atoms with Gasteiger partial charge >= 0.3 is 0 Å². The largest absolute Gasteiger partial charge is 0.389 e. The highest BCUT2D eigenvalue weighted by Gasteiger charge is 2.25. The smallest absolute Gasteiger partial charge is 0.251 e. The fourth-order valence-electron chi connectivity index (χ4n) is 3.69. The minimum absolute atomic E-state index is 0.0107. The van der Waals surface area contributed by atoms with Crippen LogP contribution in [0.5, 0.6) is 0 Å². The van der Waals surface area contributed by atoms with Crippen LogP contribution in [0.4, 0.5) is 5.69 Å². The summed E-state index contributed by atoms with van der Waals surface area (Å²) in [5.41, 5.74) is 4.38. The molecule has 4 rings (SSSR count). The molecular formula is C27H37N5O2S. The molecule has 188 valence electrons. The number of benzene rings is 1. The van der Waals surface area contributed by atoms with Gasteiger partial charge in [0.1, 0.15) is 5.03 Å². The van der Waals surface area contributed by atoms with Crippen LogP contribution < -0.4 is 10.6 Å². The maximum atomic E-state index is 12.6. The zero-order valence-corrected chi connectivity index (χ0v) is 22.4. The summed E-state index contributed by atoms with van der Waals surface area (Å²) in [6.45, 7) is 12.6. The van der Waals surface area contributed by atoms with E-state index < -0.39 is 5.60 Å². The zero-order chi connectivity index (χ0) is 25.4. The van der Waals surface area contributed by atoms with Gasteiger partial charge in [-0.1, -0.05) is 26.8 Å². The molecule has 3 aromatic rings. The Bertz CT molecular complexity index is 1220. The molecule has 2 heterocycles. The van der Waals surface area contributed by atoms with E-state index in [0.29, 0.717) is 23.8 Å². The quantitative estimate of drug-likeness (QED) is 0.349. The lowest BCUT2D eigenvalue weighted by Gasteiger charge is -2.20. The third-order valence-electron chi connectivity index (χ3n) is 5.94. The minimum atomic E-state index is -0.858. The van der Waals surface area contributed by atoms with Crippen LogP contribution in [0.1, 0.15) is 69.8 Å². The van der Waals surface area contributed by atoms with Crippen molar-refractivity contribution in [3.63, 3.8) is 0 Å². The maximum absolute atomic E-state index is 12.6. The number of fused-ring (bicyclic) bond motifs is 1. The first-order valence-corrected chi connectivity index (χ1v) is 13.3. The molecule has 0 unspecified atom stereocenters. The lowest BCUT2D eigenvalue weighted by atomic mass is 9.94. The summed E-state index contributed by atoms with van der Waals surface area (Å²) >= 11 is 1.72. The number of rotatable bonds is 9.